The first-order chi connectivity index (χ1) is 7.18. The quantitative estimate of drug-likeness (QED) is 0.809. The molecule has 0 saturated heterocycles. The summed E-state index contributed by atoms with van der Waals surface area (Å²) >= 11 is 0. The van der Waals surface area contributed by atoms with Gasteiger partial charge in [0.1, 0.15) is 0 Å². The minimum atomic E-state index is -2.88. The second kappa shape index (κ2) is 3.96. The lowest BCUT2D eigenvalue weighted by Crippen LogP contribution is -2.39. The fourth-order valence-electron chi connectivity index (χ4n) is 1.58. The van der Waals surface area contributed by atoms with Crippen LogP contribution in [-0.2, 0) is 6.42 Å². The van der Waals surface area contributed by atoms with Gasteiger partial charge in [-0.1, -0.05) is 30.3 Å². The van der Waals surface area contributed by atoms with Crippen molar-refractivity contribution in [3.05, 3.63) is 35.9 Å². The number of benzene rings is 1. The Hall–Kier alpha value is -1.45. The molecule has 0 unspecified atom stereocenters. The van der Waals surface area contributed by atoms with Gasteiger partial charge in [-0.3, -0.25) is 4.99 Å². The van der Waals surface area contributed by atoms with Crippen LogP contribution in [0.15, 0.2) is 35.3 Å². The van der Waals surface area contributed by atoms with E-state index < -0.39 is 5.92 Å². The first-order valence-electron chi connectivity index (χ1n) is 4.89. The zero-order valence-electron chi connectivity index (χ0n) is 8.21. The summed E-state index contributed by atoms with van der Waals surface area (Å²) in [5.74, 6) is -3.05. The Kier molecular flexibility index (Phi) is 2.66. The lowest BCUT2D eigenvalue weighted by atomic mass is 10.1. The van der Waals surface area contributed by atoms with E-state index in [0.29, 0.717) is 18.7 Å². The summed E-state index contributed by atoms with van der Waals surface area (Å²) < 4.78 is 27.2. The van der Waals surface area contributed by atoms with Crippen LogP contribution in [0.3, 0.4) is 0 Å². The fourth-order valence-corrected chi connectivity index (χ4v) is 1.58. The van der Waals surface area contributed by atoms with Crippen molar-refractivity contribution in [3.8, 4) is 0 Å². The van der Waals surface area contributed by atoms with Gasteiger partial charge in [0.25, 0.3) is 0 Å². The molecule has 1 aliphatic rings. The summed E-state index contributed by atoms with van der Waals surface area (Å²) in [6.45, 7) is 0.958. The van der Waals surface area contributed by atoms with Crippen molar-refractivity contribution in [2.45, 2.75) is 12.3 Å². The largest absolute Gasteiger partial charge is 0.367 e. The van der Waals surface area contributed by atoms with Crippen LogP contribution in [0.4, 0.5) is 8.78 Å². The van der Waals surface area contributed by atoms with Crippen LogP contribution in [0.25, 0.3) is 0 Å². The second-order valence-corrected chi connectivity index (χ2v) is 3.52. The van der Waals surface area contributed by atoms with Crippen molar-refractivity contribution in [3.63, 3.8) is 0 Å². The molecule has 0 saturated carbocycles. The predicted molar refractivity (Wildman–Crippen MR) is 55.4 cm³/mol. The summed E-state index contributed by atoms with van der Waals surface area (Å²) in [4.78, 5) is 3.76. The van der Waals surface area contributed by atoms with Crippen LogP contribution >= 0.6 is 0 Å². The Morgan fingerprint density at radius 3 is 2.60 bits per heavy atom. The number of rotatable bonds is 3. The maximum Gasteiger partial charge on any atom is 0.307 e. The molecular weight excluding hydrogens is 198 g/mol. The molecule has 0 aromatic heterocycles. The van der Waals surface area contributed by atoms with E-state index in [1.807, 2.05) is 6.07 Å². The number of nitrogens with one attached hydrogen (secondary N) is 1. The van der Waals surface area contributed by atoms with Gasteiger partial charge in [-0.15, -0.1) is 0 Å². The van der Waals surface area contributed by atoms with Crippen molar-refractivity contribution in [2.75, 3.05) is 13.1 Å². The average Bonchev–Trinajstić information content (AvgIpc) is 2.71. The van der Waals surface area contributed by atoms with E-state index in [0.717, 1.165) is 0 Å². The van der Waals surface area contributed by atoms with Gasteiger partial charge < -0.3 is 5.32 Å². The van der Waals surface area contributed by atoms with Crippen molar-refractivity contribution < 1.29 is 8.78 Å². The minimum Gasteiger partial charge on any atom is -0.367 e. The van der Waals surface area contributed by atoms with Gasteiger partial charge in [-0.2, -0.15) is 8.78 Å². The van der Waals surface area contributed by atoms with E-state index in [-0.39, 0.29) is 12.3 Å². The molecule has 1 aromatic rings. The van der Waals surface area contributed by atoms with Gasteiger partial charge in [0.2, 0.25) is 0 Å². The fraction of sp³-hybridized carbons (Fsp3) is 0.364. The number of halogens is 2. The zero-order chi connectivity index (χ0) is 10.7. The van der Waals surface area contributed by atoms with Crippen LogP contribution in [0.2, 0.25) is 0 Å². The van der Waals surface area contributed by atoms with Gasteiger partial charge >= 0.3 is 5.92 Å². The molecule has 15 heavy (non-hydrogen) atoms. The molecule has 1 N–H and O–H groups in total. The third-order valence-corrected chi connectivity index (χ3v) is 2.29. The summed E-state index contributed by atoms with van der Waals surface area (Å²) in [6.07, 6.45) is -0.292. The molecule has 0 spiro atoms. The van der Waals surface area contributed by atoms with Crippen molar-refractivity contribution in [1.82, 2.24) is 5.32 Å². The standard InChI is InChI=1S/C11H12F2N2/c12-11(13,10-14-6-7-15-10)8-9-4-2-1-3-5-9/h1-5H,6-8H2,(H,14,15). The lowest BCUT2D eigenvalue weighted by molar-refractivity contribution is 0.0755. The van der Waals surface area contributed by atoms with Crippen LogP contribution in [-0.4, -0.2) is 24.8 Å². The molecule has 0 atom stereocenters. The highest BCUT2D eigenvalue weighted by Crippen LogP contribution is 2.22. The van der Waals surface area contributed by atoms with E-state index >= 15 is 0 Å². The molecule has 2 rings (SSSR count). The van der Waals surface area contributed by atoms with Gasteiger partial charge in [0.15, 0.2) is 5.84 Å². The maximum absolute atomic E-state index is 13.6. The van der Waals surface area contributed by atoms with Crippen LogP contribution in [0.5, 0.6) is 0 Å². The molecule has 0 radical (unpaired) electrons. The third kappa shape index (κ3) is 2.32. The second-order valence-electron chi connectivity index (χ2n) is 3.52. The van der Waals surface area contributed by atoms with Crippen molar-refractivity contribution in [1.29, 1.82) is 0 Å². The first-order valence-corrected chi connectivity index (χ1v) is 4.89. The van der Waals surface area contributed by atoms with Gasteiger partial charge in [0.05, 0.1) is 6.54 Å². The van der Waals surface area contributed by atoms with E-state index in [9.17, 15) is 8.78 Å². The Bertz CT molecular complexity index is 360. The SMILES string of the molecule is FC(F)(Cc1ccccc1)C1=NCCN1. The average molecular weight is 210 g/mol. The normalized spacial score (nSPS) is 16.0. The smallest absolute Gasteiger partial charge is 0.307 e. The monoisotopic (exact) mass is 210 g/mol. The molecule has 4 heteroatoms. The Balaban J connectivity index is 2.10. The number of nitrogens with zero attached hydrogens (tertiary/aromatic N) is 1. The Morgan fingerprint density at radius 1 is 1.27 bits per heavy atom. The highest BCUT2D eigenvalue weighted by molar-refractivity contribution is 5.90. The van der Waals surface area contributed by atoms with E-state index in [1.54, 1.807) is 24.3 Å². The number of hydrogen-bond donors (Lipinski definition) is 1. The van der Waals surface area contributed by atoms with E-state index in [2.05, 4.69) is 10.3 Å². The molecule has 1 aliphatic heterocycles. The topological polar surface area (TPSA) is 24.4 Å². The Morgan fingerprint density at radius 2 is 2.00 bits per heavy atom. The van der Waals surface area contributed by atoms with Crippen molar-refractivity contribution in [2.24, 2.45) is 4.99 Å². The summed E-state index contributed by atoms with van der Waals surface area (Å²) in [6, 6.07) is 8.73. The van der Waals surface area contributed by atoms with Crippen LogP contribution in [0.1, 0.15) is 5.56 Å². The van der Waals surface area contributed by atoms with Gasteiger partial charge in [-0.25, -0.2) is 0 Å². The molecular formula is C11H12F2N2. The number of hydrogen-bond acceptors (Lipinski definition) is 2. The number of amidine groups is 1. The molecule has 0 amide bonds. The minimum absolute atomic E-state index is 0.175. The molecule has 0 aliphatic carbocycles. The lowest BCUT2D eigenvalue weighted by Gasteiger charge is -2.16. The molecule has 2 nitrogen and oxygen atoms in total. The van der Waals surface area contributed by atoms with Crippen LogP contribution in [0, 0.1) is 0 Å². The molecule has 0 bridgehead atoms. The third-order valence-electron chi connectivity index (χ3n) is 2.29. The highest BCUT2D eigenvalue weighted by Gasteiger charge is 2.37. The number of alkyl halides is 2. The number of aliphatic imine (C=N–C) groups is 1. The first kappa shape index (κ1) is 10.1. The summed E-state index contributed by atoms with van der Waals surface area (Å²) in [5, 5.41) is 2.62. The summed E-state index contributed by atoms with van der Waals surface area (Å²) in [7, 11) is 0. The molecule has 0 fully saturated rings. The molecule has 1 heterocycles. The maximum atomic E-state index is 13.6. The van der Waals surface area contributed by atoms with Gasteiger partial charge in [-0.05, 0) is 5.56 Å². The molecule has 80 valence electrons. The van der Waals surface area contributed by atoms with E-state index in [1.165, 1.54) is 0 Å². The molecule has 1 aromatic carbocycles. The predicted octanol–water partition coefficient (Wildman–Crippen LogP) is 1.87. The highest BCUT2D eigenvalue weighted by atomic mass is 19.3. The zero-order valence-corrected chi connectivity index (χ0v) is 8.21. The van der Waals surface area contributed by atoms with E-state index in [4.69, 9.17) is 0 Å². The summed E-state index contributed by atoms with van der Waals surface area (Å²) in [5.41, 5.74) is 0.624. The van der Waals surface area contributed by atoms with Gasteiger partial charge in [0, 0.05) is 13.0 Å². The van der Waals surface area contributed by atoms with Crippen molar-refractivity contribution >= 4 is 5.84 Å². The Labute approximate surface area is 87.0 Å². The van der Waals surface area contributed by atoms with Crippen LogP contribution < -0.4 is 5.32 Å².